The van der Waals surface area contributed by atoms with E-state index in [2.05, 4.69) is 0 Å². The topological polar surface area (TPSA) is 66.8 Å². The summed E-state index contributed by atoms with van der Waals surface area (Å²) in [4.78, 5) is 31.3. The van der Waals surface area contributed by atoms with Gasteiger partial charge in [-0.1, -0.05) is 38.2 Å². The average Bonchev–Trinajstić information content (AvgIpc) is 3.21. The Morgan fingerprint density at radius 3 is 2.35 bits per heavy atom. The molecule has 0 atom stereocenters. The number of hydrogen-bond donors (Lipinski definition) is 1. The molecular formula is C21H29NO4. The van der Waals surface area contributed by atoms with E-state index < -0.39 is 5.97 Å². The van der Waals surface area contributed by atoms with Gasteiger partial charge in [0.1, 0.15) is 0 Å². The van der Waals surface area contributed by atoms with Crippen molar-refractivity contribution in [3.8, 4) is 0 Å². The zero-order chi connectivity index (χ0) is 18.5. The summed E-state index contributed by atoms with van der Waals surface area (Å²) in [7, 11) is 0. The third kappa shape index (κ3) is 4.26. The smallest absolute Gasteiger partial charge is 0.363 e. The Kier molecular flexibility index (Phi) is 6.30. The fourth-order valence-electron chi connectivity index (χ4n) is 4.11. The second-order valence-corrected chi connectivity index (χ2v) is 7.62. The SMILES string of the molecule is Cc1cc(C(=O)ON(C(=O)C2CCCC2)C2CCCCC2)ccc1CO. The predicted octanol–water partition coefficient (Wildman–Crippen LogP) is 3.91. The summed E-state index contributed by atoms with van der Waals surface area (Å²) in [6.45, 7) is 1.79. The Labute approximate surface area is 155 Å². The van der Waals surface area contributed by atoms with Crippen LogP contribution in [0.2, 0.25) is 0 Å². The lowest BCUT2D eigenvalue weighted by Crippen LogP contribution is -2.45. The number of benzene rings is 1. The van der Waals surface area contributed by atoms with E-state index in [4.69, 9.17) is 4.84 Å². The second-order valence-electron chi connectivity index (χ2n) is 7.62. The third-order valence-corrected chi connectivity index (χ3v) is 5.76. The van der Waals surface area contributed by atoms with Crippen molar-refractivity contribution in [2.75, 3.05) is 0 Å². The van der Waals surface area contributed by atoms with Crippen LogP contribution in [0.1, 0.15) is 79.3 Å². The van der Waals surface area contributed by atoms with E-state index in [1.165, 1.54) is 11.5 Å². The molecule has 1 aromatic rings. The fraction of sp³-hybridized carbons (Fsp3) is 0.619. The summed E-state index contributed by atoms with van der Waals surface area (Å²) in [6, 6.07) is 5.10. The van der Waals surface area contributed by atoms with Crippen molar-refractivity contribution in [2.45, 2.75) is 77.4 Å². The van der Waals surface area contributed by atoms with Gasteiger partial charge in [-0.05, 0) is 55.9 Å². The molecule has 0 spiro atoms. The highest BCUT2D eigenvalue weighted by molar-refractivity contribution is 5.91. The van der Waals surface area contributed by atoms with Gasteiger partial charge < -0.3 is 9.94 Å². The fourth-order valence-corrected chi connectivity index (χ4v) is 4.11. The number of carbonyl (C=O) groups excluding carboxylic acids is 2. The van der Waals surface area contributed by atoms with Crippen molar-refractivity contribution in [3.63, 3.8) is 0 Å². The molecule has 0 heterocycles. The minimum absolute atomic E-state index is 0.00129. The van der Waals surface area contributed by atoms with Gasteiger partial charge in [-0.3, -0.25) is 4.79 Å². The highest BCUT2D eigenvalue weighted by atomic mass is 16.7. The summed E-state index contributed by atoms with van der Waals surface area (Å²) in [6.07, 6.45) is 9.05. The van der Waals surface area contributed by atoms with E-state index in [1.54, 1.807) is 18.2 Å². The first-order chi connectivity index (χ1) is 12.6. The Hall–Kier alpha value is -1.88. The zero-order valence-corrected chi connectivity index (χ0v) is 15.6. The van der Waals surface area contributed by atoms with Gasteiger partial charge in [0.15, 0.2) is 0 Å². The van der Waals surface area contributed by atoms with Crippen LogP contribution < -0.4 is 0 Å². The molecule has 0 radical (unpaired) electrons. The van der Waals surface area contributed by atoms with Gasteiger partial charge in [0.25, 0.3) is 5.91 Å². The van der Waals surface area contributed by atoms with E-state index in [9.17, 15) is 14.7 Å². The summed E-state index contributed by atoms with van der Waals surface area (Å²) < 4.78 is 0. The molecular weight excluding hydrogens is 330 g/mol. The van der Waals surface area contributed by atoms with E-state index >= 15 is 0 Å². The van der Waals surface area contributed by atoms with Crippen LogP contribution >= 0.6 is 0 Å². The molecule has 26 heavy (non-hydrogen) atoms. The van der Waals surface area contributed by atoms with Gasteiger partial charge >= 0.3 is 5.97 Å². The van der Waals surface area contributed by atoms with Crippen molar-refractivity contribution in [1.29, 1.82) is 0 Å². The monoisotopic (exact) mass is 359 g/mol. The van der Waals surface area contributed by atoms with Crippen LogP contribution in [0.3, 0.4) is 0 Å². The number of nitrogens with zero attached hydrogens (tertiary/aromatic N) is 1. The van der Waals surface area contributed by atoms with Crippen molar-refractivity contribution >= 4 is 11.9 Å². The summed E-state index contributed by atoms with van der Waals surface area (Å²) >= 11 is 0. The maximum Gasteiger partial charge on any atom is 0.363 e. The van der Waals surface area contributed by atoms with Crippen LogP contribution in [-0.2, 0) is 16.2 Å². The van der Waals surface area contributed by atoms with Crippen molar-refractivity contribution in [3.05, 3.63) is 34.9 Å². The minimum atomic E-state index is -0.491. The molecule has 0 aliphatic heterocycles. The van der Waals surface area contributed by atoms with E-state index in [-0.39, 0.29) is 24.5 Å². The lowest BCUT2D eigenvalue weighted by Gasteiger charge is -2.33. The number of hydrogen-bond acceptors (Lipinski definition) is 4. The molecule has 0 unspecified atom stereocenters. The molecule has 142 valence electrons. The predicted molar refractivity (Wildman–Crippen MR) is 98.2 cm³/mol. The van der Waals surface area contributed by atoms with E-state index in [0.29, 0.717) is 5.56 Å². The van der Waals surface area contributed by atoms with E-state index in [0.717, 1.165) is 62.5 Å². The van der Waals surface area contributed by atoms with Gasteiger partial charge in [-0.2, -0.15) is 5.06 Å². The number of rotatable bonds is 4. The Bertz CT molecular complexity index is 645. The quantitative estimate of drug-likeness (QED) is 0.828. The van der Waals surface area contributed by atoms with Crippen LogP contribution in [0.5, 0.6) is 0 Å². The lowest BCUT2D eigenvalue weighted by molar-refractivity contribution is -0.184. The largest absolute Gasteiger partial charge is 0.392 e. The second kappa shape index (κ2) is 8.67. The first-order valence-corrected chi connectivity index (χ1v) is 9.86. The van der Waals surface area contributed by atoms with Crippen LogP contribution in [0.15, 0.2) is 18.2 Å². The van der Waals surface area contributed by atoms with Crippen LogP contribution in [0, 0.1) is 12.8 Å². The number of carbonyl (C=O) groups is 2. The molecule has 2 fully saturated rings. The molecule has 0 aromatic heterocycles. The molecule has 1 N–H and O–H groups in total. The standard InChI is InChI=1S/C21H29NO4/c1-15-13-17(11-12-18(15)14-23)21(25)26-22(19-9-3-2-4-10-19)20(24)16-7-5-6-8-16/h11-13,16,19,23H,2-10,14H2,1H3. The number of hydroxylamine groups is 2. The highest BCUT2D eigenvalue weighted by Gasteiger charge is 2.35. The van der Waals surface area contributed by atoms with E-state index in [1.807, 2.05) is 6.92 Å². The van der Waals surface area contributed by atoms with Gasteiger partial charge in [0.05, 0.1) is 18.2 Å². The van der Waals surface area contributed by atoms with Gasteiger partial charge in [0.2, 0.25) is 0 Å². The van der Waals surface area contributed by atoms with Gasteiger partial charge in [-0.15, -0.1) is 0 Å². The first kappa shape index (κ1) is 18.9. The highest BCUT2D eigenvalue weighted by Crippen LogP contribution is 2.31. The summed E-state index contributed by atoms with van der Waals surface area (Å²) in [5, 5.41) is 10.7. The molecule has 0 bridgehead atoms. The number of aliphatic hydroxyl groups is 1. The van der Waals surface area contributed by atoms with Gasteiger partial charge in [0, 0.05) is 5.92 Å². The minimum Gasteiger partial charge on any atom is -0.392 e. The maximum atomic E-state index is 13.0. The maximum absolute atomic E-state index is 13.0. The molecule has 2 saturated carbocycles. The number of aryl methyl sites for hydroxylation is 1. The molecule has 3 rings (SSSR count). The Morgan fingerprint density at radius 1 is 1.08 bits per heavy atom. The Balaban J connectivity index is 1.76. The number of aliphatic hydroxyl groups excluding tert-OH is 1. The van der Waals surface area contributed by atoms with Crippen molar-refractivity contribution in [2.24, 2.45) is 5.92 Å². The zero-order valence-electron chi connectivity index (χ0n) is 15.6. The molecule has 2 aliphatic rings. The van der Waals surface area contributed by atoms with Crippen molar-refractivity contribution < 1.29 is 19.5 Å². The third-order valence-electron chi connectivity index (χ3n) is 5.76. The van der Waals surface area contributed by atoms with Crippen LogP contribution in [0.4, 0.5) is 0 Å². The summed E-state index contributed by atoms with van der Waals surface area (Å²) in [5.74, 6) is -0.524. The number of amides is 1. The molecule has 0 saturated heterocycles. The van der Waals surface area contributed by atoms with Crippen molar-refractivity contribution in [1.82, 2.24) is 5.06 Å². The molecule has 1 amide bonds. The van der Waals surface area contributed by atoms with Gasteiger partial charge in [-0.25, -0.2) is 4.79 Å². The normalized spacial score (nSPS) is 18.7. The molecule has 1 aromatic carbocycles. The first-order valence-electron chi connectivity index (χ1n) is 9.86. The summed E-state index contributed by atoms with van der Waals surface area (Å²) in [5.41, 5.74) is 2.04. The molecule has 5 nitrogen and oxygen atoms in total. The van der Waals surface area contributed by atoms with Crippen LogP contribution in [0.25, 0.3) is 0 Å². The molecule has 2 aliphatic carbocycles. The Morgan fingerprint density at radius 2 is 1.73 bits per heavy atom. The molecule has 5 heteroatoms. The lowest BCUT2D eigenvalue weighted by atomic mass is 9.94. The van der Waals surface area contributed by atoms with Crippen LogP contribution in [-0.4, -0.2) is 28.1 Å². The average molecular weight is 359 g/mol.